The molecule has 0 aliphatic heterocycles. The fourth-order valence-corrected chi connectivity index (χ4v) is 1.06. The molecule has 1 N–H and O–H groups in total. The first-order valence-electron chi connectivity index (χ1n) is 5.10. The Hall–Kier alpha value is -1.01. The zero-order valence-corrected chi connectivity index (χ0v) is 10.1. The molecule has 0 spiro atoms. The Labute approximate surface area is 91.8 Å². The highest BCUT2D eigenvalue weighted by molar-refractivity contribution is 5.73. The number of carbonyl (C=O) groups excluding carboxylic acids is 1. The van der Waals surface area contributed by atoms with Gasteiger partial charge in [0.05, 0.1) is 13.0 Å². The molecule has 2 unspecified atom stereocenters. The molecule has 0 saturated heterocycles. The number of esters is 1. The third-order valence-electron chi connectivity index (χ3n) is 1.92. The summed E-state index contributed by atoms with van der Waals surface area (Å²) in [6.45, 7) is 7.67. The van der Waals surface area contributed by atoms with E-state index < -0.39 is 18.0 Å². The highest BCUT2D eigenvalue weighted by Crippen LogP contribution is 2.13. The number of aliphatic hydroxyl groups excluding tert-OH is 1. The van der Waals surface area contributed by atoms with Gasteiger partial charge in [-0.3, -0.25) is 4.79 Å². The fourth-order valence-electron chi connectivity index (χ4n) is 1.06. The first-order valence-corrected chi connectivity index (χ1v) is 5.10. The van der Waals surface area contributed by atoms with Crippen molar-refractivity contribution >= 4 is 5.97 Å². The van der Waals surface area contributed by atoms with Crippen LogP contribution in [0.3, 0.4) is 0 Å². The summed E-state index contributed by atoms with van der Waals surface area (Å²) in [5, 5.41) is 9.70. The van der Waals surface area contributed by atoms with Crippen molar-refractivity contribution in [1.29, 1.82) is 0 Å². The van der Waals surface area contributed by atoms with E-state index in [4.69, 9.17) is 0 Å². The number of ether oxygens (including phenoxy) is 1. The Kier molecular flexibility index (Phi) is 5.38. The molecule has 0 radical (unpaired) electrons. The van der Waals surface area contributed by atoms with Crippen LogP contribution >= 0.6 is 0 Å². The lowest BCUT2D eigenvalue weighted by atomic mass is 9.95. The van der Waals surface area contributed by atoms with Crippen LogP contribution < -0.4 is 0 Å². The van der Waals surface area contributed by atoms with E-state index in [1.807, 2.05) is 27.7 Å². The standard InChI is InChI=1S/C12H20O3/c1-6-9(11(14)15-5)10(13)7-8-12(2,3)4/h9-10,13H,6H2,1-5H3. The van der Waals surface area contributed by atoms with Gasteiger partial charge in [-0.2, -0.15) is 0 Å². The largest absolute Gasteiger partial charge is 0.469 e. The molecule has 0 amide bonds. The first-order chi connectivity index (χ1) is 6.81. The molecule has 0 aromatic carbocycles. The molecule has 15 heavy (non-hydrogen) atoms. The summed E-state index contributed by atoms with van der Waals surface area (Å²) in [5.74, 6) is 4.64. The number of aliphatic hydroxyl groups is 1. The molecule has 3 heteroatoms. The Bertz CT molecular complexity index is 265. The van der Waals surface area contributed by atoms with E-state index >= 15 is 0 Å². The third-order valence-corrected chi connectivity index (χ3v) is 1.92. The maximum absolute atomic E-state index is 11.3. The molecule has 0 bridgehead atoms. The molecule has 0 aliphatic carbocycles. The van der Waals surface area contributed by atoms with Gasteiger partial charge in [-0.25, -0.2) is 0 Å². The Morgan fingerprint density at radius 2 is 2.00 bits per heavy atom. The van der Waals surface area contributed by atoms with Crippen LogP contribution in [0.15, 0.2) is 0 Å². The minimum Gasteiger partial charge on any atom is -0.469 e. The van der Waals surface area contributed by atoms with Gasteiger partial charge in [0.25, 0.3) is 0 Å². The average Bonchev–Trinajstić information content (AvgIpc) is 2.14. The molecule has 0 fully saturated rings. The predicted octanol–water partition coefficient (Wildman–Crippen LogP) is 1.60. The van der Waals surface area contributed by atoms with E-state index in [-0.39, 0.29) is 5.41 Å². The topological polar surface area (TPSA) is 46.5 Å². The average molecular weight is 212 g/mol. The molecule has 0 aromatic rings. The van der Waals surface area contributed by atoms with Gasteiger partial charge < -0.3 is 9.84 Å². The summed E-state index contributed by atoms with van der Waals surface area (Å²) in [5.41, 5.74) is -0.171. The SMILES string of the molecule is CCC(C(=O)OC)C(O)C#CC(C)(C)C. The zero-order valence-electron chi connectivity index (χ0n) is 10.1. The number of rotatable bonds is 3. The first kappa shape index (κ1) is 14.0. The second kappa shape index (κ2) is 5.77. The van der Waals surface area contributed by atoms with Gasteiger partial charge in [-0.15, -0.1) is 0 Å². The highest BCUT2D eigenvalue weighted by atomic mass is 16.5. The van der Waals surface area contributed by atoms with Gasteiger partial charge in [0.2, 0.25) is 0 Å². The molecular weight excluding hydrogens is 192 g/mol. The van der Waals surface area contributed by atoms with Crippen LogP contribution in [0, 0.1) is 23.2 Å². The molecule has 2 atom stereocenters. The fraction of sp³-hybridized carbons (Fsp3) is 0.750. The second-order valence-corrected chi connectivity index (χ2v) is 4.50. The van der Waals surface area contributed by atoms with Gasteiger partial charge in [0, 0.05) is 5.41 Å². The number of hydrogen-bond donors (Lipinski definition) is 1. The minimum absolute atomic E-state index is 0.171. The van der Waals surface area contributed by atoms with E-state index in [1.165, 1.54) is 7.11 Å². The van der Waals surface area contributed by atoms with Crippen molar-refractivity contribution < 1.29 is 14.6 Å². The molecule has 0 saturated carbocycles. The molecule has 0 heterocycles. The predicted molar refractivity (Wildman–Crippen MR) is 59.0 cm³/mol. The lowest BCUT2D eigenvalue weighted by Gasteiger charge is -2.15. The van der Waals surface area contributed by atoms with Gasteiger partial charge in [-0.1, -0.05) is 18.8 Å². The van der Waals surface area contributed by atoms with Crippen molar-refractivity contribution in [1.82, 2.24) is 0 Å². The molecule has 0 aromatic heterocycles. The number of methoxy groups -OCH3 is 1. The van der Waals surface area contributed by atoms with Gasteiger partial charge in [0.1, 0.15) is 6.10 Å². The minimum atomic E-state index is -0.943. The lowest BCUT2D eigenvalue weighted by Crippen LogP contribution is -2.27. The van der Waals surface area contributed by atoms with E-state index in [2.05, 4.69) is 16.6 Å². The van der Waals surface area contributed by atoms with Crippen molar-refractivity contribution in [2.24, 2.45) is 11.3 Å². The lowest BCUT2D eigenvalue weighted by molar-refractivity contribution is -0.148. The van der Waals surface area contributed by atoms with E-state index in [0.29, 0.717) is 6.42 Å². The van der Waals surface area contributed by atoms with Crippen LogP contribution in [0.1, 0.15) is 34.1 Å². The monoisotopic (exact) mass is 212 g/mol. The van der Waals surface area contributed by atoms with Crippen LogP contribution in [-0.4, -0.2) is 24.3 Å². The summed E-state index contributed by atoms with van der Waals surface area (Å²) in [6.07, 6.45) is -0.422. The van der Waals surface area contributed by atoms with Crippen molar-refractivity contribution in [2.75, 3.05) is 7.11 Å². The van der Waals surface area contributed by atoms with Crippen LogP contribution in [0.5, 0.6) is 0 Å². The van der Waals surface area contributed by atoms with Crippen molar-refractivity contribution in [3.05, 3.63) is 0 Å². The van der Waals surface area contributed by atoms with Crippen molar-refractivity contribution in [2.45, 2.75) is 40.2 Å². The van der Waals surface area contributed by atoms with Gasteiger partial charge >= 0.3 is 5.97 Å². The van der Waals surface area contributed by atoms with Crippen molar-refractivity contribution in [3.8, 4) is 11.8 Å². The Morgan fingerprint density at radius 3 is 2.33 bits per heavy atom. The van der Waals surface area contributed by atoms with Gasteiger partial charge in [0.15, 0.2) is 0 Å². The maximum atomic E-state index is 11.3. The van der Waals surface area contributed by atoms with Crippen LogP contribution in [0.2, 0.25) is 0 Å². The number of carbonyl (C=O) groups is 1. The van der Waals surface area contributed by atoms with Crippen molar-refractivity contribution in [3.63, 3.8) is 0 Å². The van der Waals surface area contributed by atoms with Crippen LogP contribution in [0.25, 0.3) is 0 Å². The summed E-state index contributed by atoms with van der Waals surface area (Å²) in [4.78, 5) is 11.3. The summed E-state index contributed by atoms with van der Waals surface area (Å²) in [6, 6.07) is 0. The van der Waals surface area contributed by atoms with Crippen LogP contribution in [0.4, 0.5) is 0 Å². The molecule has 3 nitrogen and oxygen atoms in total. The number of hydrogen-bond acceptors (Lipinski definition) is 3. The smallest absolute Gasteiger partial charge is 0.312 e. The Morgan fingerprint density at radius 1 is 1.47 bits per heavy atom. The Balaban J connectivity index is 4.58. The molecule has 0 aliphatic rings. The second-order valence-electron chi connectivity index (χ2n) is 4.50. The normalized spacial score (nSPS) is 14.8. The summed E-state index contributed by atoms with van der Waals surface area (Å²) in [7, 11) is 1.31. The zero-order chi connectivity index (χ0) is 12.1. The van der Waals surface area contributed by atoms with Crippen LogP contribution in [-0.2, 0) is 9.53 Å². The van der Waals surface area contributed by atoms with E-state index in [9.17, 15) is 9.90 Å². The van der Waals surface area contributed by atoms with E-state index in [0.717, 1.165) is 0 Å². The third kappa shape index (κ3) is 5.44. The highest BCUT2D eigenvalue weighted by Gasteiger charge is 2.24. The van der Waals surface area contributed by atoms with E-state index in [1.54, 1.807) is 0 Å². The molecule has 86 valence electrons. The molecule has 0 rings (SSSR count). The summed E-state index contributed by atoms with van der Waals surface area (Å²) >= 11 is 0. The summed E-state index contributed by atoms with van der Waals surface area (Å²) < 4.78 is 4.59. The van der Waals surface area contributed by atoms with Gasteiger partial charge in [-0.05, 0) is 27.2 Å². The quantitative estimate of drug-likeness (QED) is 0.571. The molecular formula is C12H20O3. The maximum Gasteiger partial charge on any atom is 0.312 e.